The third-order valence-electron chi connectivity index (χ3n) is 5.77. The number of rotatable bonds is 6. The maximum Gasteiger partial charge on any atom is 0.416 e. The highest BCUT2D eigenvalue weighted by Gasteiger charge is 2.33. The van der Waals surface area contributed by atoms with Crippen LogP contribution in [0.5, 0.6) is 0 Å². The van der Waals surface area contributed by atoms with E-state index in [2.05, 4.69) is 20.9 Å². The molecular formula is C23H18F3N7O3. The van der Waals surface area contributed by atoms with Gasteiger partial charge in [0.15, 0.2) is 11.5 Å². The van der Waals surface area contributed by atoms with Crippen LogP contribution in [0.4, 0.5) is 24.5 Å². The van der Waals surface area contributed by atoms with Gasteiger partial charge in [-0.2, -0.15) is 23.0 Å². The molecule has 36 heavy (non-hydrogen) atoms. The van der Waals surface area contributed by atoms with Gasteiger partial charge in [0.2, 0.25) is 0 Å². The number of nitro groups is 1. The smallest absolute Gasteiger partial charge is 0.292 e. The van der Waals surface area contributed by atoms with Crippen LogP contribution in [0.15, 0.2) is 48.7 Å². The molecule has 0 atom stereocenters. The first-order chi connectivity index (χ1) is 17.1. The standard InChI is InChI=1S/C23H18F3N7O3/c1-12-20-15(22(34)30-29-16-8-7-14(23(24,25)26)10-18(16)33(35)36)11-17(13-5-6-13)28-21(20)32(31-12)19-4-2-3-9-27-19/h2-4,7-11,13,29H,5-6H2,1H3,(H,30,34). The van der Waals surface area contributed by atoms with Gasteiger partial charge in [0, 0.05) is 23.9 Å². The number of alkyl halides is 3. The van der Waals surface area contributed by atoms with Crippen LogP contribution in [0.25, 0.3) is 16.9 Å². The van der Waals surface area contributed by atoms with Crippen molar-refractivity contribution < 1.29 is 22.9 Å². The monoisotopic (exact) mass is 497 g/mol. The third-order valence-corrected chi connectivity index (χ3v) is 5.77. The summed E-state index contributed by atoms with van der Waals surface area (Å²) in [5.41, 5.74) is 4.33. The summed E-state index contributed by atoms with van der Waals surface area (Å²) in [5.74, 6) is 0.0559. The molecule has 1 aromatic carbocycles. The summed E-state index contributed by atoms with van der Waals surface area (Å²) < 4.78 is 40.5. The molecule has 0 saturated heterocycles. The van der Waals surface area contributed by atoms with Crippen molar-refractivity contribution in [2.45, 2.75) is 31.9 Å². The highest BCUT2D eigenvalue weighted by atomic mass is 19.4. The van der Waals surface area contributed by atoms with Crippen LogP contribution in [0, 0.1) is 17.0 Å². The van der Waals surface area contributed by atoms with E-state index in [1.165, 1.54) is 0 Å². The Labute approximate surface area is 201 Å². The van der Waals surface area contributed by atoms with Crippen molar-refractivity contribution >= 4 is 28.3 Å². The van der Waals surface area contributed by atoms with Gasteiger partial charge in [-0.05, 0) is 50.1 Å². The van der Waals surface area contributed by atoms with Gasteiger partial charge in [-0.15, -0.1) is 0 Å². The Hall–Kier alpha value is -4.55. The fraction of sp³-hybridized carbons (Fsp3) is 0.217. The van der Waals surface area contributed by atoms with Crippen molar-refractivity contribution in [1.82, 2.24) is 25.2 Å². The summed E-state index contributed by atoms with van der Waals surface area (Å²) >= 11 is 0. The Balaban J connectivity index is 1.52. The Morgan fingerprint density at radius 3 is 2.61 bits per heavy atom. The van der Waals surface area contributed by atoms with Crippen molar-refractivity contribution in [3.63, 3.8) is 0 Å². The lowest BCUT2D eigenvalue weighted by molar-refractivity contribution is -0.384. The summed E-state index contributed by atoms with van der Waals surface area (Å²) in [7, 11) is 0. The van der Waals surface area contributed by atoms with Crippen LogP contribution >= 0.6 is 0 Å². The maximum atomic E-state index is 13.2. The van der Waals surface area contributed by atoms with Gasteiger partial charge in [0.25, 0.3) is 11.6 Å². The summed E-state index contributed by atoms with van der Waals surface area (Å²) in [4.78, 5) is 32.7. The van der Waals surface area contributed by atoms with E-state index in [-0.39, 0.29) is 17.2 Å². The van der Waals surface area contributed by atoms with Gasteiger partial charge in [0.05, 0.1) is 27.1 Å². The SMILES string of the molecule is Cc1nn(-c2ccccn2)c2nc(C3CC3)cc(C(=O)NNc3ccc(C(F)(F)F)cc3[N+](=O)[O-])c12. The van der Waals surface area contributed by atoms with E-state index in [1.807, 2.05) is 0 Å². The molecule has 1 amide bonds. The Morgan fingerprint density at radius 2 is 1.97 bits per heavy atom. The normalized spacial score (nSPS) is 13.6. The number of anilines is 1. The van der Waals surface area contributed by atoms with Gasteiger partial charge in [-0.25, -0.2) is 9.97 Å². The van der Waals surface area contributed by atoms with Crippen LogP contribution in [-0.4, -0.2) is 30.6 Å². The molecule has 4 aromatic rings. The molecule has 13 heteroatoms. The number of nitro benzene ring substituents is 1. The average molecular weight is 497 g/mol. The van der Waals surface area contributed by atoms with E-state index < -0.39 is 28.3 Å². The van der Waals surface area contributed by atoms with Gasteiger partial charge in [-0.1, -0.05) is 6.07 Å². The molecule has 3 heterocycles. The van der Waals surface area contributed by atoms with Crippen LogP contribution in [0.2, 0.25) is 0 Å². The third kappa shape index (κ3) is 4.30. The number of benzene rings is 1. The molecule has 0 bridgehead atoms. The molecular weight excluding hydrogens is 479 g/mol. The molecule has 0 unspecified atom stereocenters. The minimum Gasteiger partial charge on any atom is -0.292 e. The zero-order valence-electron chi connectivity index (χ0n) is 18.7. The number of carbonyl (C=O) groups is 1. The number of nitrogens with zero attached hydrogens (tertiary/aromatic N) is 5. The molecule has 1 aliphatic rings. The van der Waals surface area contributed by atoms with E-state index >= 15 is 0 Å². The van der Waals surface area contributed by atoms with Crippen molar-refractivity contribution in [3.8, 4) is 5.82 Å². The molecule has 2 N–H and O–H groups in total. The molecule has 1 saturated carbocycles. The molecule has 184 valence electrons. The molecule has 10 nitrogen and oxygen atoms in total. The molecule has 0 radical (unpaired) electrons. The summed E-state index contributed by atoms with van der Waals surface area (Å²) in [6, 6.07) is 8.95. The predicted molar refractivity (Wildman–Crippen MR) is 123 cm³/mol. The predicted octanol–water partition coefficient (Wildman–Crippen LogP) is 4.69. The van der Waals surface area contributed by atoms with Gasteiger partial charge in [0.1, 0.15) is 5.69 Å². The molecule has 1 aliphatic carbocycles. The number of fused-ring (bicyclic) bond motifs is 1. The first kappa shape index (κ1) is 23.2. The minimum atomic E-state index is -4.75. The second-order valence-corrected chi connectivity index (χ2v) is 8.32. The maximum absolute atomic E-state index is 13.2. The molecule has 0 aliphatic heterocycles. The van der Waals surface area contributed by atoms with Crippen LogP contribution in [-0.2, 0) is 6.18 Å². The zero-order chi connectivity index (χ0) is 25.6. The highest BCUT2D eigenvalue weighted by Crippen LogP contribution is 2.41. The van der Waals surface area contributed by atoms with E-state index in [0.717, 1.165) is 18.9 Å². The largest absolute Gasteiger partial charge is 0.416 e. The quantitative estimate of drug-likeness (QED) is 0.292. The Bertz CT molecular complexity index is 1500. The van der Waals surface area contributed by atoms with E-state index in [9.17, 15) is 28.1 Å². The fourth-order valence-electron chi connectivity index (χ4n) is 3.87. The van der Waals surface area contributed by atoms with E-state index in [1.54, 1.807) is 42.1 Å². The number of carbonyl (C=O) groups excluding carboxylic acids is 1. The Morgan fingerprint density at radius 1 is 1.19 bits per heavy atom. The molecule has 0 spiro atoms. The average Bonchev–Trinajstić information content (AvgIpc) is 3.65. The lowest BCUT2D eigenvalue weighted by atomic mass is 10.1. The van der Waals surface area contributed by atoms with Crippen molar-refractivity contribution in [2.75, 3.05) is 5.43 Å². The lowest BCUT2D eigenvalue weighted by Gasteiger charge is -2.13. The van der Waals surface area contributed by atoms with Crippen molar-refractivity contribution in [2.24, 2.45) is 0 Å². The lowest BCUT2D eigenvalue weighted by Crippen LogP contribution is -2.30. The second-order valence-electron chi connectivity index (χ2n) is 8.32. The number of hydrogen-bond donors (Lipinski definition) is 2. The first-order valence-corrected chi connectivity index (χ1v) is 10.9. The first-order valence-electron chi connectivity index (χ1n) is 10.9. The van der Waals surface area contributed by atoms with Gasteiger partial charge >= 0.3 is 6.18 Å². The van der Waals surface area contributed by atoms with Gasteiger partial charge < -0.3 is 0 Å². The number of nitrogens with one attached hydrogen (secondary N) is 2. The molecule has 1 fully saturated rings. The molecule has 5 rings (SSSR count). The van der Waals surface area contributed by atoms with Crippen LogP contribution in [0.1, 0.15) is 46.1 Å². The number of aromatic nitrogens is 4. The zero-order valence-corrected chi connectivity index (χ0v) is 18.7. The number of hydrogen-bond acceptors (Lipinski definition) is 7. The number of hydrazine groups is 1. The summed E-state index contributed by atoms with van der Waals surface area (Å²) in [5, 5.41) is 16.3. The van der Waals surface area contributed by atoms with E-state index in [0.29, 0.717) is 40.4 Å². The van der Waals surface area contributed by atoms with Crippen LogP contribution in [0.3, 0.4) is 0 Å². The molecule has 3 aromatic heterocycles. The highest BCUT2D eigenvalue weighted by molar-refractivity contribution is 6.07. The summed E-state index contributed by atoms with van der Waals surface area (Å²) in [6.45, 7) is 1.71. The summed E-state index contributed by atoms with van der Waals surface area (Å²) in [6.07, 6.45) is -1.30. The minimum absolute atomic E-state index is 0.192. The number of amides is 1. The van der Waals surface area contributed by atoms with Crippen LogP contribution < -0.4 is 10.9 Å². The number of aryl methyl sites for hydroxylation is 1. The number of pyridine rings is 2. The van der Waals surface area contributed by atoms with E-state index in [4.69, 9.17) is 4.98 Å². The number of halogens is 3. The second kappa shape index (κ2) is 8.59. The fourth-order valence-corrected chi connectivity index (χ4v) is 3.87. The van der Waals surface area contributed by atoms with Crippen molar-refractivity contribution in [3.05, 3.63) is 81.3 Å². The van der Waals surface area contributed by atoms with Crippen molar-refractivity contribution in [1.29, 1.82) is 0 Å². The van der Waals surface area contributed by atoms with Gasteiger partial charge in [-0.3, -0.25) is 25.8 Å². The topological polar surface area (TPSA) is 128 Å². The Kier molecular flexibility index (Phi) is 5.54.